The molecule has 3 atom stereocenters. The van der Waals surface area contributed by atoms with E-state index in [1.165, 1.54) is 0 Å². The molecular formula is C16H20BrNO4. The maximum absolute atomic E-state index is 12.7. The fourth-order valence-electron chi connectivity index (χ4n) is 2.85. The van der Waals surface area contributed by atoms with Crippen molar-refractivity contribution in [2.24, 2.45) is 0 Å². The standard InChI is InChI=1S/C16H20BrNO4/c1-10(11-3-5-12(17)6-4-11)16(21)18-9-14(22-2)7-13(18)8-15(19)20/h3-6,10,13-14H,7-9H2,1-2H3,(H,19,20). The summed E-state index contributed by atoms with van der Waals surface area (Å²) in [7, 11) is 1.59. The average Bonchev–Trinajstić information content (AvgIpc) is 2.88. The zero-order valence-electron chi connectivity index (χ0n) is 12.7. The van der Waals surface area contributed by atoms with Gasteiger partial charge in [0, 0.05) is 24.2 Å². The molecule has 5 nitrogen and oxygen atoms in total. The largest absolute Gasteiger partial charge is 0.481 e. The highest BCUT2D eigenvalue weighted by molar-refractivity contribution is 9.10. The van der Waals surface area contributed by atoms with Crippen LogP contribution in [0.3, 0.4) is 0 Å². The first-order valence-corrected chi connectivity index (χ1v) is 8.02. The van der Waals surface area contributed by atoms with Gasteiger partial charge in [0.25, 0.3) is 0 Å². The maximum Gasteiger partial charge on any atom is 0.305 e. The molecule has 2 rings (SSSR count). The van der Waals surface area contributed by atoms with Gasteiger partial charge >= 0.3 is 5.97 Å². The Bertz CT molecular complexity index is 546. The van der Waals surface area contributed by atoms with Crippen LogP contribution in [0.4, 0.5) is 0 Å². The van der Waals surface area contributed by atoms with Gasteiger partial charge in [0.15, 0.2) is 0 Å². The van der Waals surface area contributed by atoms with Crippen LogP contribution in [-0.4, -0.2) is 47.7 Å². The lowest BCUT2D eigenvalue weighted by molar-refractivity contribution is -0.140. The summed E-state index contributed by atoms with van der Waals surface area (Å²) < 4.78 is 6.27. The van der Waals surface area contributed by atoms with E-state index in [1.807, 2.05) is 31.2 Å². The van der Waals surface area contributed by atoms with Gasteiger partial charge in [-0.1, -0.05) is 28.1 Å². The van der Waals surface area contributed by atoms with E-state index in [4.69, 9.17) is 9.84 Å². The number of hydrogen-bond donors (Lipinski definition) is 1. The van der Waals surface area contributed by atoms with E-state index in [-0.39, 0.29) is 30.4 Å². The zero-order chi connectivity index (χ0) is 16.3. The van der Waals surface area contributed by atoms with Crippen LogP contribution >= 0.6 is 15.9 Å². The monoisotopic (exact) mass is 369 g/mol. The van der Waals surface area contributed by atoms with Crippen molar-refractivity contribution in [1.82, 2.24) is 4.90 Å². The van der Waals surface area contributed by atoms with Crippen molar-refractivity contribution in [3.8, 4) is 0 Å². The van der Waals surface area contributed by atoms with Crippen LogP contribution in [0.25, 0.3) is 0 Å². The highest BCUT2D eigenvalue weighted by Gasteiger charge is 2.38. The van der Waals surface area contributed by atoms with Crippen LogP contribution in [0.15, 0.2) is 28.7 Å². The third-order valence-electron chi connectivity index (χ3n) is 4.14. The van der Waals surface area contributed by atoms with E-state index in [0.717, 1.165) is 10.0 Å². The topological polar surface area (TPSA) is 66.8 Å². The predicted octanol–water partition coefficient (Wildman–Crippen LogP) is 2.64. The predicted molar refractivity (Wildman–Crippen MR) is 85.7 cm³/mol. The summed E-state index contributed by atoms with van der Waals surface area (Å²) in [6.07, 6.45) is 0.436. The van der Waals surface area contributed by atoms with Gasteiger partial charge in [0.05, 0.1) is 18.4 Å². The number of carbonyl (C=O) groups excluding carboxylic acids is 1. The summed E-state index contributed by atoms with van der Waals surface area (Å²) in [6, 6.07) is 7.31. The van der Waals surface area contributed by atoms with Crippen molar-refractivity contribution >= 4 is 27.8 Å². The Hall–Kier alpha value is -1.40. The highest BCUT2D eigenvalue weighted by atomic mass is 79.9. The zero-order valence-corrected chi connectivity index (χ0v) is 14.2. The number of hydrogen-bond acceptors (Lipinski definition) is 3. The number of carboxylic acid groups (broad SMARTS) is 1. The molecule has 1 aliphatic rings. The minimum Gasteiger partial charge on any atom is -0.481 e. The summed E-state index contributed by atoms with van der Waals surface area (Å²) in [4.78, 5) is 25.4. The molecule has 0 aromatic heterocycles. The summed E-state index contributed by atoms with van der Waals surface area (Å²) in [6.45, 7) is 2.30. The van der Waals surface area contributed by atoms with Crippen molar-refractivity contribution in [3.63, 3.8) is 0 Å². The van der Waals surface area contributed by atoms with Gasteiger partial charge in [-0.25, -0.2) is 0 Å². The molecule has 120 valence electrons. The number of benzene rings is 1. The average molecular weight is 370 g/mol. The Morgan fingerprint density at radius 1 is 1.41 bits per heavy atom. The van der Waals surface area contributed by atoms with Gasteiger partial charge in [-0.3, -0.25) is 9.59 Å². The maximum atomic E-state index is 12.7. The molecular weight excluding hydrogens is 350 g/mol. The Labute approximate surface area is 138 Å². The molecule has 1 aromatic rings. The van der Waals surface area contributed by atoms with Gasteiger partial charge in [-0.15, -0.1) is 0 Å². The van der Waals surface area contributed by atoms with Gasteiger partial charge in [0.2, 0.25) is 5.91 Å². The first-order chi connectivity index (χ1) is 10.4. The number of halogens is 1. The molecule has 6 heteroatoms. The molecule has 1 heterocycles. The summed E-state index contributed by atoms with van der Waals surface area (Å²) in [5.74, 6) is -1.25. The number of rotatable bonds is 5. The number of likely N-dealkylation sites (tertiary alicyclic amines) is 1. The normalized spacial score (nSPS) is 22.6. The number of amides is 1. The first kappa shape index (κ1) is 17.0. The lowest BCUT2D eigenvalue weighted by atomic mass is 9.99. The molecule has 0 spiro atoms. The lowest BCUT2D eigenvalue weighted by Gasteiger charge is -2.26. The molecule has 22 heavy (non-hydrogen) atoms. The molecule has 1 fully saturated rings. The van der Waals surface area contributed by atoms with Crippen LogP contribution in [-0.2, 0) is 14.3 Å². The molecule has 0 aliphatic carbocycles. The van der Waals surface area contributed by atoms with Crippen molar-refractivity contribution in [1.29, 1.82) is 0 Å². The second-order valence-electron chi connectivity index (χ2n) is 5.61. The second-order valence-corrected chi connectivity index (χ2v) is 6.52. The number of methoxy groups -OCH3 is 1. The van der Waals surface area contributed by atoms with Crippen molar-refractivity contribution in [2.75, 3.05) is 13.7 Å². The summed E-state index contributed by atoms with van der Waals surface area (Å²) in [5.41, 5.74) is 0.920. The number of carboxylic acids is 1. The van der Waals surface area contributed by atoms with Crippen molar-refractivity contribution in [3.05, 3.63) is 34.3 Å². The smallest absolute Gasteiger partial charge is 0.305 e. The minimum atomic E-state index is -0.893. The summed E-state index contributed by atoms with van der Waals surface area (Å²) >= 11 is 3.37. The van der Waals surface area contributed by atoms with E-state index in [1.54, 1.807) is 12.0 Å². The SMILES string of the molecule is COC1CC(CC(=O)O)N(C(=O)C(C)c2ccc(Br)cc2)C1. The van der Waals surface area contributed by atoms with E-state index in [9.17, 15) is 9.59 Å². The Morgan fingerprint density at radius 3 is 2.59 bits per heavy atom. The third-order valence-corrected chi connectivity index (χ3v) is 4.67. The molecule has 0 bridgehead atoms. The molecule has 0 saturated carbocycles. The third kappa shape index (κ3) is 3.87. The second kappa shape index (κ2) is 7.24. The summed E-state index contributed by atoms with van der Waals surface area (Å²) in [5, 5.41) is 9.03. The number of ether oxygens (including phenoxy) is 1. The molecule has 1 N–H and O–H groups in total. The minimum absolute atomic E-state index is 0.0430. The van der Waals surface area contributed by atoms with Crippen LogP contribution in [0.1, 0.15) is 31.2 Å². The van der Waals surface area contributed by atoms with Crippen LogP contribution in [0.2, 0.25) is 0 Å². The molecule has 3 unspecified atom stereocenters. The lowest BCUT2D eigenvalue weighted by Crippen LogP contribution is -2.39. The fraction of sp³-hybridized carbons (Fsp3) is 0.500. The van der Waals surface area contributed by atoms with Crippen LogP contribution in [0.5, 0.6) is 0 Å². The molecule has 1 amide bonds. The van der Waals surface area contributed by atoms with E-state index < -0.39 is 5.97 Å². The van der Waals surface area contributed by atoms with Crippen LogP contribution in [0, 0.1) is 0 Å². The number of nitrogens with zero attached hydrogens (tertiary/aromatic N) is 1. The Balaban J connectivity index is 2.14. The van der Waals surface area contributed by atoms with E-state index >= 15 is 0 Å². The Kier molecular flexibility index (Phi) is 5.58. The van der Waals surface area contributed by atoms with Gasteiger partial charge < -0.3 is 14.7 Å². The van der Waals surface area contributed by atoms with E-state index in [0.29, 0.717) is 13.0 Å². The first-order valence-electron chi connectivity index (χ1n) is 7.23. The quantitative estimate of drug-likeness (QED) is 0.866. The van der Waals surface area contributed by atoms with E-state index in [2.05, 4.69) is 15.9 Å². The molecule has 0 radical (unpaired) electrons. The van der Waals surface area contributed by atoms with Gasteiger partial charge in [-0.05, 0) is 31.0 Å². The number of aliphatic carboxylic acids is 1. The highest BCUT2D eigenvalue weighted by Crippen LogP contribution is 2.28. The van der Waals surface area contributed by atoms with Crippen molar-refractivity contribution < 1.29 is 19.4 Å². The molecule has 1 saturated heterocycles. The molecule has 1 aromatic carbocycles. The van der Waals surface area contributed by atoms with Gasteiger partial charge in [0.1, 0.15) is 0 Å². The number of carbonyl (C=O) groups is 2. The van der Waals surface area contributed by atoms with Crippen molar-refractivity contribution in [2.45, 2.75) is 37.8 Å². The molecule has 1 aliphatic heterocycles. The van der Waals surface area contributed by atoms with Crippen LogP contribution < -0.4 is 0 Å². The Morgan fingerprint density at radius 2 is 2.05 bits per heavy atom. The van der Waals surface area contributed by atoms with Gasteiger partial charge in [-0.2, -0.15) is 0 Å². The fourth-order valence-corrected chi connectivity index (χ4v) is 3.12.